The van der Waals surface area contributed by atoms with E-state index in [-0.39, 0.29) is 31.8 Å². The number of nitrogens with one attached hydrogen (secondary N) is 3. The van der Waals surface area contributed by atoms with Crippen molar-refractivity contribution in [1.82, 2.24) is 16.0 Å². The molecule has 0 aliphatic carbocycles. The van der Waals surface area contributed by atoms with Crippen LogP contribution in [0, 0.1) is 0 Å². The van der Waals surface area contributed by atoms with E-state index in [0.29, 0.717) is 0 Å². The number of rotatable bonds is 15. The summed E-state index contributed by atoms with van der Waals surface area (Å²) in [5, 5.41) is 33.4. The lowest BCUT2D eigenvalue weighted by atomic mass is 10.1. The smallest absolute Gasteiger partial charge is 0.326 e. The summed E-state index contributed by atoms with van der Waals surface area (Å²) >= 11 is 0. The molecule has 12 N–H and O–H groups in total. The summed E-state index contributed by atoms with van der Waals surface area (Å²) in [4.78, 5) is 61.8. The van der Waals surface area contributed by atoms with Crippen molar-refractivity contribution in [2.45, 2.75) is 43.8 Å². The van der Waals surface area contributed by atoms with Gasteiger partial charge in [0.2, 0.25) is 17.7 Å². The molecular formula is C16H29N7O8. The number of nitrogens with zero attached hydrogens (tertiary/aromatic N) is 1. The highest BCUT2D eigenvalue weighted by molar-refractivity contribution is 5.92. The zero-order chi connectivity index (χ0) is 24.0. The second-order valence-electron chi connectivity index (χ2n) is 6.41. The Morgan fingerprint density at radius 1 is 0.935 bits per heavy atom. The molecule has 0 heterocycles. The maximum absolute atomic E-state index is 12.5. The van der Waals surface area contributed by atoms with Gasteiger partial charge >= 0.3 is 11.9 Å². The summed E-state index contributed by atoms with van der Waals surface area (Å²) < 4.78 is 0. The third-order valence-electron chi connectivity index (χ3n) is 3.82. The molecule has 176 valence electrons. The van der Waals surface area contributed by atoms with Crippen LogP contribution in [0.1, 0.15) is 25.7 Å². The van der Waals surface area contributed by atoms with E-state index in [2.05, 4.69) is 20.9 Å². The van der Waals surface area contributed by atoms with Crippen LogP contribution >= 0.6 is 0 Å². The lowest BCUT2D eigenvalue weighted by Crippen LogP contribution is -2.54. The molecule has 0 saturated heterocycles. The van der Waals surface area contributed by atoms with Crippen molar-refractivity contribution >= 4 is 35.6 Å². The highest BCUT2D eigenvalue weighted by Crippen LogP contribution is 2.03. The van der Waals surface area contributed by atoms with Crippen LogP contribution in [0.3, 0.4) is 0 Å². The average molecular weight is 447 g/mol. The molecule has 0 radical (unpaired) electrons. The van der Waals surface area contributed by atoms with E-state index < -0.39 is 67.4 Å². The molecule has 0 fully saturated rings. The zero-order valence-electron chi connectivity index (χ0n) is 16.7. The molecule has 15 nitrogen and oxygen atoms in total. The number of carboxylic acids is 2. The van der Waals surface area contributed by atoms with E-state index in [1.54, 1.807) is 0 Å². The molecule has 0 aliphatic rings. The fraction of sp³-hybridized carbons (Fsp3) is 0.625. The standard InChI is InChI=1S/C16H29N7O8/c17-8(7-24)13(28)21-6-11(25)22-9(2-1-5-20-16(18)19)14(29)23-10(15(30)31)3-4-12(26)27/h8-10,24H,1-7,17H2,(H,21,28)(H,22,25)(H,23,29)(H,26,27)(H,30,31)(H4,18,19,20). The predicted molar refractivity (Wildman–Crippen MR) is 106 cm³/mol. The fourth-order valence-electron chi connectivity index (χ4n) is 2.20. The van der Waals surface area contributed by atoms with E-state index in [0.717, 1.165) is 0 Å². The first kappa shape index (κ1) is 27.5. The molecule has 0 bridgehead atoms. The Labute approximate surface area is 177 Å². The lowest BCUT2D eigenvalue weighted by Gasteiger charge is -2.21. The number of guanidine groups is 1. The molecule has 3 atom stereocenters. The van der Waals surface area contributed by atoms with Gasteiger partial charge in [-0.15, -0.1) is 0 Å². The highest BCUT2D eigenvalue weighted by atomic mass is 16.4. The normalized spacial score (nSPS) is 13.2. The largest absolute Gasteiger partial charge is 0.481 e. The Morgan fingerprint density at radius 2 is 1.58 bits per heavy atom. The molecule has 31 heavy (non-hydrogen) atoms. The minimum atomic E-state index is -1.48. The number of hydrogen-bond donors (Lipinski definition) is 9. The third kappa shape index (κ3) is 12.7. The van der Waals surface area contributed by atoms with Crippen molar-refractivity contribution in [1.29, 1.82) is 0 Å². The van der Waals surface area contributed by atoms with Gasteiger partial charge in [-0.3, -0.25) is 24.2 Å². The molecule has 0 aliphatic heterocycles. The van der Waals surface area contributed by atoms with E-state index in [4.69, 9.17) is 27.4 Å². The van der Waals surface area contributed by atoms with Crippen LogP contribution in [0.15, 0.2) is 4.99 Å². The van der Waals surface area contributed by atoms with Gasteiger partial charge in [0, 0.05) is 13.0 Å². The Kier molecular flexibility index (Phi) is 12.9. The number of amides is 3. The van der Waals surface area contributed by atoms with Crippen LogP contribution in [0.4, 0.5) is 0 Å². The summed E-state index contributed by atoms with van der Waals surface area (Å²) in [5.41, 5.74) is 15.7. The van der Waals surface area contributed by atoms with Crippen LogP contribution in [0.5, 0.6) is 0 Å². The zero-order valence-corrected chi connectivity index (χ0v) is 16.7. The van der Waals surface area contributed by atoms with E-state index >= 15 is 0 Å². The monoisotopic (exact) mass is 447 g/mol. The van der Waals surface area contributed by atoms with Crippen LogP contribution in [0.2, 0.25) is 0 Å². The van der Waals surface area contributed by atoms with Crippen LogP contribution in [-0.4, -0.2) is 88.8 Å². The number of nitrogens with two attached hydrogens (primary N) is 3. The topological polar surface area (TPSA) is 273 Å². The van der Waals surface area contributed by atoms with E-state index in [9.17, 15) is 29.1 Å². The highest BCUT2D eigenvalue weighted by Gasteiger charge is 2.27. The molecule has 0 aromatic rings. The molecule has 0 rings (SSSR count). The second-order valence-corrected chi connectivity index (χ2v) is 6.41. The van der Waals surface area contributed by atoms with Gasteiger partial charge in [0.05, 0.1) is 13.2 Å². The van der Waals surface area contributed by atoms with Gasteiger partial charge < -0.3 is 48.5 Å². The second kappa shape index (κ2) is 14.5. The van der Waals surface area contributed by atoms with E-state index in [1.807, 2.05) is 0 Å². The van der Waals surface area contributed by atoms with Gasteiger partial charge in [0.1, 0.15) is 18.1 Å². The number of hydrogen-bond acceptors (Lipinski definition) is 8. The van der Waals surface area contributed by atoms with Crippen molar-refractivity contribution in [3.8, 4) is 0 Å². The molecule has 3 unspecified atom stereocenters. The number of aliphatic hydroxyl groups excluding tert-OH is 1. The molecule has 0 aromatic heterocycles. The van der Waals surface area contributed by atoms with Crippen molar-refractivity contribution < 1.29 is 39.3 Å². The Balaban J connectivity index is 5.07. The molecule has 0 spiro atoms. The van der Waals surface area contributed by atoms with Crippen LogP contribution in [-0.2, 0) is 24.0 Å². The van der Waals surface area contributed by atoms with Gasteiger partial charge in [0.15, 0.2) is 5.96 Å². The summed E-state index contributed by atoms with van der Waals surface area (Å²) in [5.74, 6) is -5.28. The van der Waals surface area contributed by atoms with Gasteiger partial charge in [-0.25, -0.2) is 4.79 Å². The Morgan fingerprint density at radius 3 is 2.10 bits per heavy atom. The molecular weight excluding hydrogens is 418 g/mol. The first-order valence-electron chi connectivity index (χ1n) is 9.21. The minimum Gasteiger partial charge on any atom is -0.481 e. The third-order valence-corrected chi connectivity index (χ3v) is 3.82. The van der Waals surface area contributed by atoms with Crippen LogP contribution in [0.25, 0.3) is 0 Å². The summed E-state index contributed by atoms with van der Waals surface area (Å²) in [6.07, 6.45) is -0.593. The number of aliphatic hydroxyl groups is 1. The number of carbonyl (C=O) groups is 5. The van der Waals surface area contributed by atoms with Gasteiger partial charge in [-0.2, -0.15) is 0 Å². The van der Waals surface area contributed by atoms with Crippen molar-refractivity contribution in [2.75, 3.05) is 19.7 Å². The van der Waals surface area contributed by atoms with Crippen molar-refractivity contribution in [2.24, 2.45) is 22.2 Å². The first-order valence-corrected chi connectivity index (χ1v) is 9.21. The van der Waals surface area contributed by atoms with Crippen molar-refractivity contribution in [3.05, 3.63) is 0 Å². The van der Waals surface area contributed by atoms with Crippen LogP contribution < -0.4 is 33.2 Å². The molecule has 0 aromatic carbocycles. The minimum absolute atomic E-state index is 0.0176. The maximum Gasteiger partial charge on any atom is 0.326 e. The SMILES string of the molecule is NC(N)=NCCCC(NC(=O)CNC(=O)C(N)CO)C(=O)NC(CCC(=O)O)C(=O)O. The fourth-order valence-corrected chi connectivity index (χ4v) is 2.20. The average Bonchev–Trinajstić information content (AvgIpc) is 2.69. The number of aliphatic carboxylic acids is 2. The van der Waals surface area contributed by atoms with E-state index in [1.165, 1.54) is 0 Å². The lowest BCUT2D eigenvalue weighted by molar-refractivity contribution is -0.143. The molecule has 3 amide bonds. The summed E-state index contributed by atoms with van der Waals surface area (Å²) in [6.45, 7) is -1.05. The van der Waals surface area contributed by atoms with Gasteiger partial charge in [-0.1, -0.05) is 0 Å². The first-order chi connectivity index (χ1) is 14.5. The molecule has 0 saturated carbocycles. The predicted octanol–water partition coefficient (Wildman–Crippen LogP) is -4.61. The number of aliphatic imine (C=N–C) groups is 1. The summed E-state index contributed by atoms with van der Waals surface area (Å²) in [7, 11) is 0. The Bertz CT molecular complexity index is 681. The number of carboxylic acid groups (broad SMARTS) is 2. The Hall–Kier alpha value is -3.46. The van der Waals surface area contributed by atoms with Gasteiger partial charge in [0.25, 0.3) is 0 Å². The quantitative estimate of drug-likeness (QED) is 0.0654. The van der Waals surface area contributed by atoms with Crippen molar-refractivity contribution in [3.63, 3.8) is 0 Å². The van der Waals surface area contributed by atoms with Gasteiger partial charge in [-0.05, 0) is 19.3 Å². The summed E-state index contributed by atoms with van der Waals surface area (Å²) in [6, 6.07) is -3.92. The number of carbonyl (C=O) groups excluding carboxylic acids is 3. The molecule has 15 heteroatoms. The maximum atomic E-state index is 12.5.